The summed E-state index contributed by atoms with van der Waals surface area (Å²) >= 11 is 6.33. The zero-order chi connectivity index (χ0) is 21.1. The third-order valence-electron chi connectivity index (χ3n) is 4.91. The Morgan fingerprint density at radius 2 is 1.83 bits per heavy atom. The van der Waals surface area contributed by atoms with Gasteiger partial charge in [0.05, 0.1) is 29.8 Å². The van der Waals surface area contributed by atoms with E-state index in [9.17, 15) is 9.90 Å². The summed E-state index contributed by atoms with van der Waals surface area (Å²) < 4.78 is 11.5. The molecule has 30 heavy (non-hydrogen) atoms. The average Bonchev–Trinajstić information content (AvgIpc) is 3.12. The number of rotatable bonds is 7. The molecule has 0 fully saturated rings. The summed E-state index contributed by atoms with van der Waals surface area (Å²) in [6.07, 6.45) is -0.121. The summed E-state index contributed by atoms with van der Waals surface area (Å²) in [5.41, 5.74) is 3.95. The van der Waals surface area contributed by atoms with E-state index in [1.807, 2.05) is 60.7 Å². The number of aliphatic carboxylic acids is 1. The van der Waals surface area contributed by atoms with Crippen molar-refractivity contribution in [3.8, 4) is 22.8 Å². The third-order valence-corrected chi connectivity index (χ3v) is 5.22. The van der Waals surface area contributed by atoms with E-state index < -0.39 is 5.97 Å². The molecule has 2 N–H and O–H groups in total. The fourth-order valence-electron chi connectivity index (χ4n) is 3.50. The summed E-state index contributed by atoms with van der Waals surface area (Å²) in [4.78, 5) is 14.8. The standard InChI is InChI=1S/C24H20ClNO4/c1-29-21-12-16(10-11-20(21)30-14-15-6-3-2-4-7-15)23-18(13-22(27)28)17-8-5-9-19(25)24(17)26-23/h2-12,26H,13-14H2,1H3,(H,27,28). The molecule has 1 heterocycles. The first-order valence-electron chi connectivity index (χ1n) is 9.43. The molecule has 0 aliphatic rings. The van der Waals surface area contributed by atoms with Crippen LogP contribution in [0.3, 0.4) is 0 Å². The first-order valence-corrected chi connectivity index (χ1v) is 9.80. The van der Waals surface area contributed by atoms with Crippen molar-refractivity contribution in [2.24, 2.45) is 0 Å². The lowest BCUT2D eigenvalue weighted by atomic mass is 10.0. The van der Waals surface area contributed by atoms with Crippen molar-refractivity contribution >= 4 is 28.5 Å². The Morgan fingerprint density at radius 3 is 2.57 bits per heavy atom. The maximum Gasteiger partial charge on any atom is 0.307 e. The van der Waals surface area contributed by atoms with E-state index in [0.29, 0.717) is 39.9 Å². The molecule has 0 saturated heterocycles. The van der Waals surface area contributed by atoms with Gasteiger partial charge in [-0.05, 0) is 35.4 Å². The van der Waals surface area contributed by atoms with E-state index in [2.05, 4.69) is 4.98 Å². The minimum Gasteiger partial charge on any atom is -0.493 e. The van der Waals surface area contributed by atoms with Crippen LogP contribution in [0.1, 0.15) is 11.1 Å². The Labute approximate surface area is 178 Å². The van der Waals surface area contributed by atoms with Gasteiger partial charge in [-0.1, -0.05) is 54.1 Å². The second kappa shape index (κ2) is 8.51. The Kier molecular flexibility index (Phi) is 5.63. The van der Waals surface area contributed by atoms with Gasteiger partial charge in [0, 0.05) is 10.9 Å². The smallest absolute Gasteiger partial charge is 0.307 e. The van der Waals surface area contributed by atoms with Gasteiger partial charge in [0.25, 0.3) is 0 Å². The van der Waals surface area contributed by atoms with Crippen LogP contribution in [0.4, 0.5) is 0 Å². The predicted octanol–water partition coefficient (Wildman–Crippen LogP) is 5.70. The van der Waals surface area contributed by atoms with E-state index in [1.165, 1.54) is 0 Å². The van der Waals surface area contributed by atoms with E-state index in [4.69, 9.17) is 21.1 Å². The molecule has 0 radical (unpaired) electrons. The summed E-state index contributed by atoms with van der Waals surface area (Å²) in [5.74, 6) is 0.264. The van der Waals surface area contributed by atoms with Crippen molar-refractivity contribution in [1.82, 2.24) is 4.98 Å². The quantitative estimate of drug-likeness (QED) is 0.401. The number of carbonyl (C=O) groups is 1. The first-order chi connectivity index (χ1) is 14.6. The number of H-pyrrole nitrogens is 1. The van der Waals surface area contributed by atoms with Gasteiger partial charge in [-0.25, -0.2) is 0 Å². The number of carboxylic acids is 1. The van der Waals surface area contributed by atoms with E-state index in [-0.39, 0.29) is 6.42 Å². The fourth-order valence-corrected chi connectivity index (χ4v) is 3.72. The molecule has 0 unspecified atom stereocenters. The number of halogens is 1. The van der Waals surface area contributed by atoms with Gasteiger partial charge in [0.15, 0.2) is 11.5 Å². The van der Waals surface area contributed by atoms with Crippen LogP contribution in [-0.4, -0.2) is 23.2 Å². The zero-order valence-corrected chi connectivity index (χ0v) is 17.1. The second-order valence-corrected chi connectivity index (χ2v) is 7.26. The Bertz CT molecular complexity index is 1200. The molecule has 0 aliphatic carbocycles. The SMILES string of the molecule is COc1cc(-c2[nH]c3c(Cl)cccc3c2CC(=O)O)ccc1OCc1ccccc1. The first kappa shape index (κ1) is 19.9. The van der Waals surface area contributed by atoms with Crippen LogP contribution in [0.2, 0.25) is 5.02 Å². The molecule has 1 aromatic heterocycles. The average molecular weight is 422 g/mol. The van der Waals surface area contributed by atoms with Crippen LogP contribution in [0.15, 0.2) is 66.7 Å². The van der Waals surface area contributed by atoms with Crippen molar-refractivity contribution < 1.29 is 19.4 Å². The topological polar surface area (TPSA) is 71.6 Å². The van der Waals surface area contributed by atoms with Gasteiger partial charge < -0.3 is 19.6 Å². The lowest BCUT2D eigenvalue weighted by molar-refractivity contribution is -0.136. The molecule has 152 valence electrons. The summed E-state index contributed by atoms with van der Waals surface area (Å²) in [6, 6.07) is 20.9. The van der Waals surface area contributed by atoms with Crippen molar-refractivity contribution in [3.05, 3.63) is 82.9 Å². The monoisotopic (exact) mass is 421 g/mol. The van der Waals surface area contributed by atoms with Crippen LogP contribution >= 0.6 is 11.6 Å². The maximum atomic E-state index is 11.5. The highest BCUT2D eigenvalue weighted by molar-refractivity contribution is 6.35. The van der Waals surface area contributed by atoms with Gasteiger partial charge in [0.1, 0.15) is 6.61 Å². The lowest BCUT2D eigenvalue weighted by Gasteiger charge is -2.13. The zero-order valence-electron chi connectivity index (χ0n) is 16.3. The highest BCUT2D eigenvalue weighted by atomic mass is 35.5. The number of methoxy groups -OCH3 is 1. The van der Waals surface area contributed by atoms with Gasteiger partial charge >= 0.3 is 5.97 Å². The molecule has 0 amide bonds. The normalized spacial score (nSPS) is 10.9. The van der Waals surface area contributed by atoms with Crippen molar-refractivity contribution in [2.45, 2.75) is 13.0 Å². The van der Waals surface area contributed by atoms with Crippen molar-refractivity contribution in [3.63, 3.8) is 0 Å². The van der Waals surface area contributed by atoms with Gasteiger partial charge in [0.2, 0.25) is 0 Å². The van der Waals surface area contributed by atoms with Crippen LogP contribution < -0.4 is 9.47 Å². The third kappa shape index (κ3) is 3.98. The molecule has 0 bridgehead atoms. The lowest BCUT2D eigenvalue weighted by Crippen LogP contribution is -2.01. The van der Waals surface area contributed by atoms with Gasteiger partial charge in [-0.2, -0.15) is 0 Å². The van der Waals surface area contributed by atoms with E-state index in [0.717, 1.165) is 16.5 Å². The molecular formula is C24H20ClNO4. The van der Waals surface area contributed by atoms with Crippen LogP contribution in [0, 0.1) is 0 Å². The Balaban J connectivity index is 1.73. The van der Waals surface area contributed by atoms with Crippen LogP contribution in [0.5, 0.6) is 11.5 Å². The van der Waals surface area contributed by atoms with E-state index >= 15 is 0 Å². The van der Waals surface area contributed by atoms with Crippen molar-refractivity contribution in [1.29, 1.82) is 0 Å². The largest absolute Gasteiger partial charge is 0.493 e. The Morgan fingerprint density at radius 1 is 1.03 bits per heavy atom. The summed E-state index contributed by atoms with van der Waals surface area (Å²) in [5, 5.41) is 10.8. The molecule has 3 aromatic carbocycles. The number of nitrogens with one attached hydrogen (secondary N) is 1. The molecule has 4 rings (SSSR count). The van der Waals surface area contributed by atoms with Crippen molar-refractivity contribution in [2.75, 3.05) is 7.11 Å². The highest BCUT2D eigenvalue weighted by Gasteiger charge is 2.18. The second-order valence-electron chi connectivity index (χ2n) is 6.85. The molecule has 0 aliphatic heterocycles. The predicted molar refractivity (Wildman–Crippen MR) is 117 cm³/mol. The Hall–Kier alpha value is -3.44. The van der Waals surface area contributed by atoms with Gasteiger partial charge in [-0.3, -0.25) is 4.79 Å². The minimum absolute atomic E-state index is 0.121. The number of carboxylic acid groups (broad SMARTS) is 1. The number of aromatic nitrogens is 1. The number of para-hydroxylation sites is 1. The number of aromatic amines is 1. The molecule has 6 heteroatoms. The molecule has 5 nitrogen and oxygen atoms in total. The van der Waals surface area contributed by atoms with E-state index in [1.54, 1.807) is 13.2 Å². The molecule has 0 spiro atoms. The number of hydrogen-bond donors (Lipinski definition) is 2. The number of hydrogen-bond acceptors (Lipinski definition) is 3. The number of benzene rings is 3. The number of ether oxygens (including phenoxy) is 2. The van der Waals surface area contributed by atoms with Gasteiger partial charge in [-0.15, -0.1) is 0 Å². The van der Waals surface area contributed by atoms with Crippen LogP contribution in [0.25, 0.3) is 22.2 Å². The molecule has 4 aromatic rings. The minimum atomic E-state index is -0.910. The molecule has 0 saturated carbocycles. The number of fused-ring (bicyclic) bond motifs is 1. The molecule has 0 atom stereocenters. The maximum absolute atomic E-state index is 11.5. The van der Waals surface area contributed by atoms with Crippen LogP contribution in [-0.2, 0) is 17.8 Å². The highest BCUT2D eigenvalue weighted by Crippen LogP contribution is 2.38. The summed E-state index contributed by atoms with van der Waals surface area (Å²) in [7, 11) is 1.58. The fraction of sp³-hybridized carbons (Fsp3) is 0.125. The molecular weight excluding hydrogens is 402 g/mol. The summed E-state index contributed by atoms with van der Waals surface area (Å²) in [6.45, 7) is 0.419.